The molecule has 0 bridgehead atoms. The van der Waals surface area contributed by atoms with Gasteiger partial charge in [0, 0.05) is 6.42 Å². The molecule has 0 aromatic carbocycles. The summed E-state index contributed by atoms with van der Waals surface area (Å²) in [5, 5.41) is -4.83. The normalized spacial score (nSPS) is 17.1. The molecule has 1 rings (SSSR count). The Balaban J connectivity index is 0.000000941. The van der Waals surface area contributed by atoms with E-state index in [2.05, 4.69) is 0 Å². The Morgan fingerprint density at radius 1 is 0.815 bits per heavy atom. The Kier molecular flexibility index (Phi) is 12.5. The molecule has 164 valence electrons. The van der Waals surface area contributed by atoms with E-state index in [0.29, 0.717) is 25.7 Å². The predicted molar refractivity (Wildman–Crippen MR) is 86.0 cm³/mol. The fourth-order valence-corrected chi connectivity index (χ4v) is 2.57. The molecule has 5 nitrogen and oxygen atoms in total. The van der Waals surface area contributed by atoms with Crippen LogP contribution in [0.25, 0.3) is 0 Å². The van der Waals surface area contributed by atoms with Gasteiger partial charge in [-0.15, -0.1) is 0 Å². The fraction of sp³-hybridized carbons (Fsp3) is 1.00. The van der Waals surface area contributed by atoms with E-state index >= 15 is 0 Å². The molecule has 0 saturated carbocycles. The van der Waals surface area contributed by atoms with Gasteiger partial charge in [0.25, 0.3) is 0 Å². The van der Waals surface area contributed by atoms with Crippen LogP contribution in [0.4, 0.5) is 26.3 Å². The van der Waals surface area contributed by atoms with Crippen molar-refractivity contribution < 1.29 is 48.8 Å². The Labute approximate surface area is 155 Å². The molecule has 0 radical (unpaired) electrons. The van der Waals surface area contributed by atoms with Gasteiger partial charge in [-0.2, -0.15) is 30.4 Å². The highest BCUT2D eigenvalue weighted by Gasteiger charge is 2.52. The Bertz CT molecular complexity index is 468. The quantitative estimate of drug-likeness (QED) is 0.312. The summed E-state index contributed by atoms with van der Waals surface area (Å²) in [7, 11) is -5.79. The summed E-state index contributed by atoms with van der Waals surface area (Å²) in [4.78, 5) is 0. The molecule has 1 aliphatic rings. The van der Waals surface area contributed by atoms with E-state index in [0.717, 1.165) is 26.4 Å². The van der Waals surface area contributed by atoms with Crippen molar-refractivity contribution in [1.29, 1.82) is 0 Å². The van der Waals surface area contributed by atoms with E-state index in [1.54, 1.807) is 0 Å². The molecule has 12 heteroatoms. The zero-order valence-electron chi connectivity index (χ0n) is 14.8. The van der Waals surface area contributed by atoms with E-state index in [1.165, 1.54) is 0 Å². The van der Waals surface area contributed by atoms with Crippen molar-refractivity contribution in [3.8, 4) is 0 Å². The lowest BCUT2D eigenvalue weighted by Crippen LogP contribution is -2.38. The maximum Gasteiger partial charge on any atom is 0.400 e. The number of hydrogen-bond acceptors (Lipinski definition) is 4. The van der Waals surface area contributed by atoms with Crippen molar-refractivity contribution in [3.05, 3.63) is 0 Å². The molecule has 1 saturated heterocycles. The summed E-state index contributed by atoms with van der Waals surface area (Å²) < 4.78 is 113. The molecule has 1 heterocycles. The highest BCUT2D eigenvalue weighted by molar-refractivity contribution is 7.86. The van der Waals surface area contributed by atoms with Crippen LogP contribution in [0.2, 0.25) is 0 Å². The Morgan fingerprint density at radius 3 is 1.59 bits per heavy atom. The average Bonchev–Trinajstić information content (AvgIpc) is 2.57. The Hall–Kier alpha value is -0.590. The first kappa shape index (κ1) is 26.4. The van der Waals surface area contributed by atoms with Crippen molar-refractivity contribution in [3.63, 3.8) is 0 Å². The number of rotatable bonds is 10. The molecular formula is C15H26F6O5S. The van der Waals surface area contributed by atoms with Gasteiger partial charge in [-0.25, -0.2) is 4.39 Å². The lowest BCUT2D eigenvalue weighted by molar-refractivity contribution is -0.135. The van der Waals surface area contributed by atoms with Gasteiger partial charge in [0.15, 0.2) is 6.17 Å². The van der Waals surface area contributed by atoms with E-state index in [9.17, 15) is 34.8 Å². The van der Waals surface area contributed by atoms with Crippen LogP contribution in [0.1, 0.15) is 51.4 Å². The van der Waals surface area contributed by atoms with E-state index in [-0.39, 0.29) is 12.8 Å². The van der Waals surface area contributed by atoms with Gasteiger partial charge in [0.2, 0.25) is 0 Å². The highest BCUT2D eigenvalue weighted by atomic mass is 32.2. The number of ether oxygens (including phenoxy) is 2. The number of hydrogen-bond donors (Lipinski definition) is 1. The van der Waals surface area contributed by atoms with Gasteiger partial charge < -0.3 is 9.47 Å². The first-order chi connectivity index (χ1) is 12.4. The lowest BCUT2D eigenvalue weighted by Gasteiger charge is -2.17. The minimum atomic E-state index is -5.79. The molecule has 0 aromatic heterocycles. The van der Waals surface area contributed by atoms with Crippen LogP contribution in [0.15, 0.2) is 0 Å². The summed E-state index contributed by atoms with van der Waals surface area (Å²) in [5.41, 5.74) is 0. The van der Waals surface area contributed by atoms with Crippen molar-refractivity contribution in [2.45, 2.75) is 69.0 Å². The fourth-order valence-electron chi connectivity index (χ4n) is 2.13. The van der Waals surface area contributed by atoms with Crippen LogP contribution in [0, 0.1) is 0 Å². The summed E-state index contributed by atoms with van der Waals surface area (Å²) >= 11 is 0. The smallest absolute Gasteiger partial charge is 0.377 e. The summed E-state index contributed by atoms with van der Waals surface area (Å²) in [6.45, 7) is 3.11. The van der Waals surface area contributed by atoms with E-state index in [1.807, 2.05) is 0 Å². The minimum absolute atomic E-state index is 0.0178. The third-order valence-corrected chi connectivity index (χ3v) is 4.56. The van der Waals surface area contributed by atoms with Gasteiger partial charge in [-0.05, 0) is 12.8 Å². The number of unbranched alkanes of at least 4 members (excludes halogenated alkanes) is 5. The molecule has 1 fully saturated rings. The molecule has 1 atom stereocenters. The van der Waals surface area contributed by atoms with Crippen LogP contribution in [-0.2, 0) is 19.6 Å². The SMILES string of the molecule is C1COCCO1.O=S(=O)(O)C(F)(F)C(F)CCCCCCCCC(F)(F)F. The summed E-state index contributed by atoms with van der Waals surface area (Å²) in [5.74, 6) is 0. The Morgan fingerprint density at radius 2 is 1.22 bits per heavy atom. The predicted octanol–water partition coefficient (Wildman–Crippen LogP) is 4.52. The minimum Gasteiger partial charge on any atom is -0.377 e. The van der Waals surface area contributed by atoms with Crippen molar-refractivity contribution in [2.24, 2.45) is 0 Å². The maximum absolute atomic E-state index is 13.0. The monoisotopic (exact) mass is 432 g/mol. The molecule has 1 unspecified atom stereocenters. The summed E-state index contributed by atoms with van der Waals surface area (Å²) in [6.07, 6.45) is -7.32. The molecule has 0 amide bonds. The highest BCUT2D eigenvalue weighted by Crippen LogP contribution is 2.30. The van der Waals surface area contributed by atoms with Crippen LogP contribution < -0.4 is 0 Å². The molecule has 0 spiro atoms. The second-order valence-corrected chi connectivity index (χ2v) is 7.50. The van der Waals surface area contributed by atoms with Crippen LogP contribution in [0.3, 0.4) is 0 Å². The molecule has 0 aliphatic carbocycles. The number of halogens is 6. The first-order valence-corrected chi connectivity index (χ1v) is 10.0. The zero-order valence-corrected chi connectivity index (χ0v) is 15.6. The second-order valence-electron chi connectivity index (χ2n) is 6.00. The molecular weight excluding hydrogens is 406 g/mol. The molecule has 1 aliphatic heterocycles. The first-order valence-electron chi connectivity index (χ1n) is 8.59. The van der Waals surface area contributed by atoms with Crippen LogP contribution in [-0.4, -0.2) is 57.0 Å². The van der Waals surface area contributed by atoms with Crippen molar-refractivity contribution in [1.82, 2.24) is 0 Å². The molecule has 27 heavy (non-hydrogen) atoms. The van der Waals surface area contributed by atoms with Crippen LogP contribution in [0.5, 0.6) is 0 Å². The second kappa shape index (κ2) is 12.8. The van der Waals surface area contributed by atoms with Crippen LogP contribution >= 0.6 is 0 Å². The van der Waals surface area contributed by atoms with Gasteiger partial charge >= 0.3 is 21.5 Å². The average molecular weight is 432 g/mol. The van der Waals surface area contributed by atoms with E-state index < -0.39 is 40.6 Å². The van der Waals surface area contributed by atoms with Gasteiger partial charge in [-0.3, -0.25) is 4.55 Å². The third-order valence-electron chi connectivity index (χ3n) is 3.62. The molecule has 1 N–H and O–H groups in total. The van der Waals surface area contributed by atoms with Gasteiger partial charge in [0.1, 0.15) is 0 Å². The maximum atomic E-state index is 13.0. The standard InChI is InChI=1S/C11H18F6O3S.C4H8O2/c12-9(11(16,17)21(18,19)20)7-5-3-1-2-4-6-8-10(13,14)15;1-2-6-4-3-5-1/h9H,1-8H2,(H,18,19,20);1-4H2. The zero-order chi connectivity index (χ0) is 21.0. The number of alkyl halides is 6. The van der Waals surface area contributed by atoms with Crippen molar-refractivity contribution >= 4 is 10.1 Å². The molecule has 0 aromatic rings. The topological polar surface area (TPSA) is 72.8 Å². The third kappa shape index (κ3) is 13.3. The van der Waals surface area contributed by atoms with E-state index in [4.69, 9.17) is 14.0 Å². The lowest BCUT2D eigenvalue weighted by atomic mass is 10.1. The van der Waals surface area contributed by atoms with Gasteiger partial charge in [-0.1, -0.05) is 32.1 Å². The van der Waals surface area contributed by atoms with Gasteiger partial charge in [0.05, 0.1) is 26.4 Å². The van der Waals surface area contributed by atoms with Crippen molar-refractivity contribution in [2.75, 3.05) is 26.4 Å². The summed E-state index contributed by atoms with van der Waals surface area (Å²) in [6, 6.07) is 0. The largest absolute Gasteiger partial charge is 0.400 e.